The number of nitrogens with zero attached hydrogens (tertiary/aromatic N) is 1. The lowest BCUT2D eigenvalue weighted by atomic mass is 10.1. The molecule has 1 aromatic carbocycles. The number of methoxy groups -OCH3 is 1. The third-order valence-corrected chi connectivity index (χ3v) is 5.03. The molecule has 0 unspecified atom stereocenters. The van der Waals surface area contributed by atoms with Crippen LogP contribution in [0.2, 0.25) is 0 Å². The highest BCUT2D eigenvalue weighted by Gasteiger charge is 2.26. The fourth-order valence-corrected chi connectivity index (χ4v) is 3.42. The molecular weight excluding hydrogens is 321 g/mol. The summed E-state index contributed by atoms with van der Waals surface area (Å²) in [7, 11) is 1.68. The zero-order valence-corrected chi connectivity index (χ0v) is 11.4. The number of thioether (sulfide) groups is 1. The standard InChI is InChI=1S/C11H12INOS/c1-14-11-13-10(9(12)7-15-11)8-5-3-2-4-6-8/h2-6,9-10H,7H2,1H3/t9-,10+/m0/s1. The number of hydrogen-bond donors (Lipinski definition) is 0. The van der Waals surface area contributed by atoms with E-state index < -0.39 is 0 Å². The zero-order valence-electron chi connectivity index (χ0n) is 8.39. The molecule has 0 fully saturated rings. The maximum Gasteiger partial charge on any atom is 0.246 e. The number of aliphatic imine (C=N–C) groups is 1. The molecule has 2 nitrogen and oxygen atoms in total. The third kappa shape index (κ3) is 2.66. The lowest BCUT2D eigenvalue weighted by Crippen LogP contribution is -2.21. The minimum atomic E-state index is 0.239. The van der Waals surface area contributed by atoms with Crippen LogP contribution in [0, 0.1) is 0 Å². The summed E-state index contributed by atoms with van der Waals surface area (Å²) in [6, 6.07) is 10.6. The molecule has 0 saturated carbocycles. The van der Waals surface area contributed by atoms with Crippen LogP contribution in [0.1, 0.15) is 11.6 Å². The van der Waals surface area contributed by atoms with Crippen LogP contribution < -0.4 is 0 Å². The predicted octanol–water partition coefficient (Wildman–Crippen LogP) is 3.28. The first-order valence-electron chi connectivity index (χ1n) is 4.75. The molecule has 1 aliphatic heterocycles. The Morgan fingerprint density at radius 1 is 1.40 bits per heavy atom. The van der Waals surface area contributed by atoms with Gasteiger partial charge >= 0.3 is 0 Å². The molecule has 0 N–H and O–H groups in total. The quantitative estimate of drug-likeness (QED) is 0.581. The van der Waals surface area contributed by atoms with Gasteiger partial charge in [-0.05, 0) is 5.56 Å². The van der Waals surface area contributed by atoms with Gasteiger partial charge in [0.15, 0.2) is 0 Å². The first kappa shape index (κ1) is 11.3. The van der Waals surface area contributed by atoms with Crippen molar-refractivity contribution in [3.63, 3.8) is 0 Å². The first-order chi connectivity index (χ1) is 7.31. The molecule has 2 rings (SSSR count). The minimum Gasteiger partial charge on any atom is -0.476 e. The number of benzene rings is 1. The molecule has 1 heterocycles. The van der Waals surface area contributed by atoms with Gasteiger partial charge in [-0.3, -0.25) is 0 Å². The topological polar surface area (TPSA) is 21.6 Å². The summed E-state index contributed by atoms with van der Waals surface area (Å²) >= 11 is 4.16. The molecule has 0 radical (unpaired) electrons. The van der Waals surface area contributed by atoms with Crippen molar-refractivity contribution in [2.45, 2.75) is 9.97 Å². The van der Waals surface area contributed by atoms with Gasteiger partial charge in [-0.1, -0.05) is 64.7 Å². The van der Waals surface area contributed by atoms with E-state index in [2.05, 4.69) is 51.8 Å². The van der Waals surface area contributed by atoms with E-state index in [-0.39, 0.29) is 6.04 Å². The summed E-state index contributed by atoms with van der Waals surface area (Å²) in [5.41, 5.74) is 1.27. The van der Waals surface area contributed by atoms with E-state index in [0.717, 1.165) is 11.0 Å². The van der Waals surface area contributed by atoms with Crippen LogP contribution in [0.4, 0.5) is 0 Å². The van der Waals surface area contributed by atoms with Gasteiger partial charge in [0, 0.05) is 9.68 Å². The van der Waals surface area contributed by atoms with Crippen LogP contribution >= 0.6 is 34.4 Å². The van der Waals surface area contributed by atoms with Crippen molar-refractivity contribution in [1.29, 1.82) is 0 Å². The highest BCUT2D eigenvalue weighted by molar-refractivity contribution is 14.1. The second-order valence-electron chi connectivity index (χ2n) is 3.28. The smallest absolute Gasteiger partial charge is 0.246 e. The molecule has 4 heteroatoms. The first-order valence-corrected chi connectivity index (χ1v) is 6.98. The maximum absolute atomic E-state index is 5.20. The summed E-state index contributed by atoms with van der Waals surface area (Å²) in [6.07, 6.45) is 0. The van der Waals surface area contributed by atoms with E-state index in [1.807, 2.05) is 6.07 Å². The lowest BCUT2D eigenvalue weighted by Gasteiger charge is -2.24. The average molecular weight is 333 g/mol. The molecule has 0 aliphatic carbocycles. The zero-order chi connectivity index (χ0) is 10.7. The van der Waals surface area contributed by atoms with Crippen LogP contribution in [0.5, 0.6) is 0 Å². The number of halogens is 1. The Labute approximate surface area is 108 Å². The van der Waals surface area contributed by atoms with E-state index >= 15 is 0 Å². The Balaban J connectivity index is 2.27. The molecule has 0 spiro atoms. The molecule has 2 atom stereocenters. The molecule has 0 aromatic heterocycles. The van der Waals surface area contributed by atoms with Gasteiger partial charge in [0.25, 0.3) is 0 Å². The SMILES string of the molecule is COC1=N[C@H](c2ccccc2)[C@@H](I)CS1. The van der Waals surface area contributed by atoms with Crippen molar-refractivity contribution in [1.82, 2.24) is 0 Å². The lowest BCUT2D eigenvalue weighted by molar-refractivity contribution is 0.409. The van der Waals surface area contributed by atoms with E-state index in [9.17, 15) is 0 Å². The van der Waals surface area contributed by atoms with Gasteiger partial charge < -0.3 is 4.74 Å². The van der Waals surface area contributed by atoms with Crippen molar-refractivity contribution < 1.29 is 4.74 Å². The summed E-state index contributed by atoms with van der Waals surface area (Å²) in [4.78, 5) is 4.60. The molecule has 0 bridgehead atoms. The van der Waals surface area contributed by atoms with Gasteiger partial charge in [-0.25, -0.2) is 4.99 Å². The summed E-state index contributed by atoms with van der Waals surface area (Å²) in [6.45, 7) is 0. The Bertz CT molecular complexity index is 355. The monoisotopic (exact) mass is 333 g/mol. The van der Waals surface area contributed by atoms with Crippen LogP contribution in [-0.2, 0) is 4.74 Å². The Morgan fingerprint density at radius 2 is 2.13 bits per heavy atom. The van der Waals surface area contributed by atoms with Gasteiger partial charge in [0.1, 0.15) is 0 Å². The molecule has 0 saturated heterocycles. The number of rotatable bonds is 1. The molecule has 0 amide bonds. The minimum absolute atomic E-state index is 0.239. The van der Waals surface area contributed by atoms with Crippen LogP contribution in [-0.4, -0.2) is 22.0 Å². The fourth-order valence-electron chi connectivity index (χ4n) is 1.52. The molecule has 1 aromatic rings. The highest BCUT2D eigenvalue weighted by atomic mass is 127. The molecular formula is C11H12INOS. The van der Waals surface area contributed by atoms with Gasteiger partial charge in [-0.2, -0.15) is 0 Å². The Hall–Kier alpha value is -0.230. The third-order valence-electron chi connectivity index (χ3n) is 2.27. The molecule has 80 valence electrons. The van der Waals surface area contributed by atoms with Crippen molar-refractivity contribution in [3.8, 4) is 0 Å². The number of alkyl halides is 1. The van der Waals surface area contributed by atoms with Crippen LogP contribution in [0.3, 0.4) is 0 Å². The summed E-state index contributed by atoms with van der Waals surface area (Å²) in [5, 5.41) is 0.803. The summed E-state index contributed by atoms with van der Waals surface area (Å²) in [5.74, 6) is 1.06. The fraction of sp³-hybridized carbons (Fsp3) is 0.364. The normalized spacial score (nSPS) is 25.9. The van der Waals surface area contributed by atoms with E-state index in [4.69, 9.17) is 4.74 Å². The van der Waals surface area contributed by atoms with Crippen LogP contribution in [0.25, 0.3) is 0 Å². The van der Waals surface area contributed by atoms with E-state index in [1.165, 1.54) is 5.56 Å². The van der Waals surface area contributed by atoms with Gasteiger partial charge in [0.2, 0.25) is 5.23 Å². The Morgan fingerprint density at radius 3 is 2.80 bits per heavy atom. The van der Waals surface area contributed by atoms with Crippen molar-refractivity contribution in [2.75, 3.05) is 12.9 Å². The second-order valence-corrected chi connectivity index (χ2v) is 5.85. The Kier molecular flexibility index (Phi) is 3.91. The predicted molar refractivity (Wildman–Crippen MR) is 73.9 cm³/mol. The number of hydrogen-bond acceptors (Lipinski definition) is 3. The summed E-state index contributed by atoms with van der Waals surface area (Å²) < 4.78 is 5.74. The van der Waals surface area contributed by atoms with E-state index in [1.54, 1.807) is 18.9 Å². The highest BCUT2D eigenvalue weighted by Crippen LogP contribution is 2.34. The largest absolute Gasteiger partial charge is 0.476 e. The average Bonchev–Trinajstić information content (AvgIpc) is 2.31. The van der Waals surface area contributed by atoms with Gasteiger partial charge in [0.05, 0.1) is 13.2 Å². The molecule has 15 heavy (non-hydrogen) atoms. The van der Waals surface area contributed by atoms with Crippen molar-refractivity contribution >= 4 is 39.6 Å². The second kappa shape index (κ2) is 5.21. The van der Waals surface area contributed by atoms with Crippen molar-refractivity contribution in [3.05, 3.63) is 35.9 Å². The van der Waals surface area contributed by atoms with Crippen molar-refractivity contribution in [2.24, 2.45) is 4.99 Å². The molecule has 1 aliphatic rings. The van der Waals surface area contributed by atoms with E-state index in [0.29, 0.717) is 3.92 Å². The van der Waals surface area contributed by atoms with Gasteiger partial charge in [-0.15, -0.1) is 0 Å². The van der Waals surface area contributed by atoms with Crippen LogP contribution in [0.15, 0.2) is 35.3 Å². The number of ether oxygens (including phenoxy) is 1. The maximum atomic E-state index is 5.20.